The van der Waals surface area contributed by atoms with Crippen LogP contribution in [0.25, 0.3) is 0 Å². The van der Waals surface area contributed by atoms with Crippen molar-refractivity contribution in [2.75, 3.05) is 37.4 Å². The molecule has 31 heavy (non-hydrogen) atoms. The van der Waals surface area contributed by atoms with E-state index in [1.165, 1.54) is 7.11 Å². The van der Waals surface area contributed by atoms with Gasteiger partial charge in [0.15, 0.2) is 0 Å². The van der Waals surface area contributed by atoms with Crippen molar-refractivity contribution in [1.82, 2.24) is 5.32 Å². The average molecular weight is 447 g/mol. The van der Waals surface area contributed by atoms with Crippen LogP contribution in [0.3, 0.4) is 0 Å². The van der Waals surface area contributed by atoms with Gasteiger partial charge in [-0.25, -0.2) is 8.42 Å². The number of rotatable bonds is 8. The number of ether oxygens (including phenoxy) is 2. The lowest BCUT2D eigenvalue weighted by atomic mass is 9.74. The van der Waals surface area contributed by atoms with Crippen molar-refractivity contribution in [1.29, 1.82) is 0 Å². The molecule has 1 aliphatic heterocycles. The predicted molar refractivity (Wildman–Crippen MR) is 121 cm³/mol. The summed E-state index contributed by atoms with van der Waals surface area (Å²) < 4.78 is 37.0. The topological polar surface area (TPSA) is 84.9 Å². The van der Waals surface area contributed by atoms with E-state index in [9.17, 15) is 13.2 Å². The third kappa shape index (κ3) is 5.37. The first-order valence-electron chi connectivity index (χ1n) is 10.3. The van der Waals surface area contributed by atoms with Gasteiger partial charge in [0.25, 0.3) is 0 Å². The van der Waals surface area contributed by atoms with Gasteiger partial charge in [-0.3, -0.25) is 9.10 Å². The minimum absolute atomic E-state index is 0.235. The molecule has 0 aliphatic carbocycles. The van der Waals surface area contributed by atoms with Crippen molar-refractivity contribution in [2.24, 2.45) is 0 Å². The van der Waals surface area contributed by atoms with Crippen LogP contribution in [0, 0.1) is 0 Å². The number of benzene rings is 2. The Bertz CT molecular complexity index is 988. The monoisotopic (exact) mass is 446 g/mol. The zero-order valence-corrected chi connectivity index (χ0v) is 19.0. The number of amides is 1. The van der Waals surface area contributed by atoms with E-state index in [0.29, 0.717) is 31.2 Å². The highest BCUT2D eigenvalue weighted by Gasteiger charge is 2.36. The van der Waals surface area contributed by atoms with Crippen molar-refractivity contribution in [3.63, 3.8) is 0 Å². The summed E-state index contributed by atoms with van der Waals surface area (Å²) in [6, 6.07) is 15.8. The van der Waals surface area contributed by atoms with Gasteiger partial charge >= 0.3 is 0 Å². The van der Waals surface area contributed by atoms with Gasteiger partial charge in [-0.1, -0.05) is 36.4 Å². The number of carbonyl (C=O) groups excluding carboxylic acids is 1. The van der Waals surface area contributed by atoms with Crippen LogP contribution >= 0.6 is 0 Å². The average Bonchev–Trinajstić information content (AvgIpc) is 2.78. The number of anilines is 1. The highest BCUT2D eigenvalue weighted by molar-refractivity contribution is 7.92. The quantitative estimate of drug-likeness (QED) is 0.674. The van der Waals surface area contributed by atoms with Crippen LogP contribution in [0.4, 0.5) is 5.69 Å². The molecule has 0 saturated carbocycles. The molecule has 3 rings (SSSR count). The van der Waals surface area contributed by atoms with Gasteiger partial charge in [-0.2, -0.15) is 0 Å². The van der Waals surface area contributed by atoms with Crippen molar-refractivity contribution >= 4 is 21.6 Å². The molecule has 0 aromatic heterocycles. The Hall–Kier alpha value is -2.58. The molecule has 1 amide bonds. The summed E-state index contributed by atoms with van der Waals surface area (Å²) in [5, 5.41) is 3.01. The minimum atomic E-state index is -3.70. The van der Waals surface area contributed by atoms with Crippen molar-refractivity contribution in [2.45, 2.75) is 31.2 Å². The van der Waals surface area contributed by atoms with Crippen LogP contribution in [0.2, 0.25) is 0 Å². The molecule has 8 heteroatoms. The molecular formula is C23H30N2O5S. The Morgan fingerprint density at radius 2 is 1.84 bits per heavy atom. The van der Waals surface area contributed by atoms with Crippen LogP contribution in [0.15, 0.2) is 54.6 Å². The van der Waals surface area contributed by atoms with E-state index in [0.717, 1.165) is 29.0 Å². The summed E-state index contributed by atoms with van der Waals surface area (Å²) >= 11 is 0. The maximum Gasteiger partial charge on any atom is 0.243 e. The molecule has 168 valence electrons. The van der Waals surface area contributed by atoms with Gasteiger partial charge < -0.3 is 14.8 Å². The number of hydrogen-bond acceptors (Lipinski definition) is 5. The van der Waals surface area contributed by atoms with E-state index < -0.39 is 16.1 Å². The Morgan fingerprint density at radius 3 is 2.45 bits per heavy atom. The molecule has 0 bridgehead atoms. The number of nitrogens with zero attached hydrogens (tertiary/aromatic N) is 1. The molecular weight excluding hydrogens is 416 g/mol. The molecule has 1 heterocycles. The first-order valence-corrected chi connectivity index (χ1v) is 12.2. The Labute approximate surface area is 184 Å². The van der Waals surface area contributed by atoms with Crippen LogP contribution < -0.4 is 14.4 Å². The maximum absolute atomic E-state index is 13.1. The maximum atomic E-state index is 13.1. The van der Waals surface area contributed by atoms with E-state index >= 15 is 0 Å². The van der Waals surface area contributed by atoms with Gasteiger partial charge in [0.1, 0.15) is 11.8 Å². The molecule has 2 aromatic rings. The first kappa shape index (κ1) is 23.1. The number of methoxy groups -OCH3 is 1. The molecule has 1 unspecified atom stereocenters. The van der Waals surface area contributed by atoms with Crippen LogP contribution in [-0.2, 0) is 25.0 Å². The lowest BCUT2D eigenvalue weighted by Crippen LogP contribution is -2.51. The van der Waals surface area contributed by atoms with Crippen LogP contribution in [0.5, 0.6) is 5.75 Å². The second-order valence-corrected chi connectivity index (χ2v) is 9.77. The van der Waals surface area contributed by atoms with Crippen LogP contribution in [-0.4, -0.2) is 53.5 Å². The molecule has 1 fully saturated rings. The fourth-order valence-corrected chi connectivity index (χ4v) is 5.25. The van der Waals surface area contributed by atoms with E-state index in [1.807, 2.05) is 18.2 Å². The highest BCUT2D eigenvalue weighted by atomic mass is 32.2. The fourth-order valence-electron chi connectivity index (χ4n) is 4.08. The fraction of sp³-hybridized carbons (Fsp3) is 0.435. The third-order valence-electron chi connectivity index (χ3n) is 5.83. The van der Waals surface area contributed by atoms with Gasteiger partial charge in [0.2, 0.25) is 15.9 Å². The third-order valence-corrected chi connectivity index (χ3v) is 7.08. The van der Waals surface area contributed by atoms with E-state index in [1.54, 1.807) is 31.2 Å². The minimum Gasteiger partial charge on any atom is -0.497 e. The van der Waals surface area contributed by atoms with E-state index in [4.69, 9.17) is 9.47 Å². The normalized spacial score (nSPS) is 16.9. The van der Waals surface area contributed by atoms with Crippen LogP contribution in [0.1, 0.15) is 25.3 Å². The summed E-state index contributed by atoms with van der Waals surface area (Å²) in [6.45, 7) is 3.26. The van der Waals surface area contributed by atoms with Crippen molar-refractivity contribution in [3.8, 4) is 5.75 Å². The number of hydrogen-bond donors (Lipinski definition) is 1. The number of carbonyl (C=O) groups is 1. The van der Waals surface area contributed by atoms with Crippen molar-refractivity contribution < 1.29 is 22.7 Å². The lowest BCUT2D eigenvalue weighted by Gasteiger charge is -2.38. The Kier molecular flexibility index (Phi) is 7.23. The molecule has 2 aromatic carbocycles. The molecule has 1 aliphatic rings. The van der Waals surface area contributed by atoms with E-state index in [-0.39, 0.29) is 11.3 Å². The number of sulfonamides is 1. The molecule has 0 radical (unpaired) electrons. The Morgan fingerprint density at radius 1 is 1.16 bits per heavy atom. The predicted octanol–water partition coefficient (Wildman–Crippen LogP) is 2.71. The van der Waals surface area contributed by atoms with Gasteiger partial charge in [-0.05, 0) is 37.5 Å². The molecule has 1 atom stereocenters. The number of nitrogens with one attached hydrogen (secondary N) is 1. The van der Waals surface area contributed by atoms with Crippen molar-refractivity contribution in [3.05, 3.63) is 60.2 Å². The summed E-state index contributed by atoms with van der Waals surface area (Å²) in [7, 11) is -2.19. The first-order chi connectivity index (χ1) is 14.8. The standard InChI is InChI=1S/C23H30N2O5S/c1-18(25(31(3,27)28)20-10-7-11-21(16-20)29-2)22(26)24-17-23(12-14-30-15-13-23)19-8-5-4-6-9-19/h4-11,16,18H,12-15,17H2,1-3H3,(H,24,26). The van der Waals surface area contributed by atoms with Gasteiger partial charge in [-0.15, -0.1) is 0 Å². The largest absolute Gasteiger partial charge is 0.497 e. The molecule has 0 spiro atoms. The van der Waals surface area contributed by atoms with E-state index in [2.05, 4.69) is 17.4 Å². The summed E-state index contributed by atoms with van der Waals surface area (Å²) in [5.41, 5.74) is 1.30. The lowest BCUT2D eigenvalue weighted by molar-refractivity contribution is -0.122. The highest BCUT2D eigenvalue weighted by Crippen LogP contribution is 2.34. The molecule has 1 N–H and O–H groups in total. The van der Waals surface area contributed by atoms with Gasteiger partial charge in [0, 0.05) is 31.2 Å². The second-order valence-electron chi connectivity index (χ2n) is 7.91. The summed E-state index contributed by atoms with van der Waals surface area (Å²) in [5.74, 6) is 0.166. The summed E-state index contributed by atoms with van der Waals surface area (Å²) in [6.07, 6.45) is 2.68. The molecule has 1 saturated heterocycles. The second kappa shape index (κ2) is 9.70. The zero-order valence-electron chi connectivity index (χ0n) is 18.2. The zero-order chi connectivity index (χ0) is 22.5. The summed E-state index contributed by atoms with van der Waals surface area (Å²) in [4.78, 5) is 13.1. The molecule has 7 nitrogen and oxygen atoms in total. The van der Waals surface area contributed by atoms with Gasteiger partial charge in [0.05, 0.1) is 19.1 Å². The Balaban J connectivity index is 1.81. The SMILES string of the molecule is COc1cccc(N(C(C)C(=O)NCC2(c3ccccc3)CCOCC2)S(C)(=O)=O)c1. The smallest absolute Gasteiger partial charge is 0.243 e.